The Bertz CT molecular complexity index is 272. The van der Waals surface area contributed by atoms with Crippen LogP contribution in [0, 0.1) is 0 Å². The van der Waals surface area contributed by atoms with E-state index in [1.54, 1.807) is 0 Å². The quantitative estimate of drug-likeness (QED) is 0.632. The highest BCUT2D eigenvalue weighted by molar-refractivity contribution is 5.79. The van der Waals surface area contributed by atoms with Gasteiger partial charge in [-0.25, -0.2) is 4.98 Å². The number of pyridine rings is 1. The zero-order valence-electron chi connectivity index (χ0n) is 5.94. The molecule has 0 aromatic carbocycles. The molecule has 0 aliphatic carbocycles. The standard InChI is InChI=1S/C7H7NO3/c1-11-7-6(10)5(4-9)2-3-8-7/h2-4,10H,1H3. The molecule has 4 nitrogen and oxygen atoms in total. The predicted molar refractivity (Wildman–Crippen MR) is 37.8 cm³/mol. The maximum Gasteiger partial charge on any atom is 0.257 e. The van der Waals surface area contributed by atoms with E-state index in [2.05, 4.69) is 9.72 Å². The van der Waals surface area contributed by atoms with Gasteiger partial charge in [-0.15, -0.1) is 0 Å². The summed E-state index contributed by atoms with van der Waals surface area (Å²) in [5.41, 5.74) is 0.178. The topological polar surface area (TPSA) is 59.4 Å². The van der Waals surface area contributed by atoms with E-state index in [-0.39, 0.29) is 17.2 Å². The first-order valence-corrected chi connectivity index (χ1v) is 2.96. The minimum atomic E-state index is -0.218. The number of carbonyl (C=O) groups excluding carboxylic acids is 1. The molecule has 4 heteroatoms. The van der Waals surface area contributed by atoms with Crippen LogP contribution in [0.5, 0.6) is 11.6 Å². The van der Waals surface area contributed by atoms with Crippen LogP contribution in [0.2, 0.25) is 0 Å². The Kier molecular flexibility index (Phi) is 2.06. The minimum Gasteiger partial charge on any atom is -0.503 e. The number of ether oxygens (including phenoxy) is 1. The Morgan fingerprint density at radius 2 is 2.45 bits per heavy atom. The van der Waals surface area contributed by atoms with Crippen molar-refractivity contribution >= 4 is 6.29 Å². The van der Waals surface area contributed by atoms with E-state index in [1.165, 1.54) is 19.4 Å². The van der Waals surface area contributed by atoms with Gasteiger partial charge in [-0.1, -0.05) is 0 Å². The molecule has 1 aromatic rings. The molecule has 0 aliphatic heterocycles. The zero-order chi connectivity index (χ0) is 8.27. The Balaban J connectivity index is 3.20. The van der Waals surface area contributed by atoms with Crippen molar-refractivity contribution in [2.45, 2.75) is 0 Å². The van der Waals surface area contributed by atoms with Crippen LogP contribution < -0.4 is 4.74 Å². The Morgan fingerprint density at radius 3 is 3.00 bits per heavy atom. The first-order chi connectivity index (χ1) is 5.29. The molecule has 58 valence electrons. The highest BCUT2D eigenvalue weighted by Crippen LogP contribution is 2.24. The second-order valence-corrected chi connectivity index (χ2v) is 1.88. The lowest BCUT2D eigenvalue weighted by Crippen LogP contribution is -1.90. The summed E-state index contributed by atoms with van der Waals surface area (Å²) >= 11 is 0. The molecule has 0 saturated heterocycles. The molecule has 0 radical (unpaired) electrons. The maximum atomic E-state index is 10.3. The van der Waals surface area contributed by atoms with Gasteiger partial charge in [0.2, 0.25) is 0 Å². The summed E-state index contributed by atoms with van der Waals surface area (Å²) < 4.78 is 4.67. The minimum absolute atomic E-state index is 0.0644. The van der Waals surface area contributed by atoms with Crippen molar-refractivity contribution < 1.29 is 14.6 Å². The van der Waals surface area contributed by atoms with Gasteiger partial charge in [-0.05, 0) is 6.07 Å². The molecule has 1 N–H and O–H groups in total. The van der Waals surface area contributed by atoms with E-state index in [4.69, 9.17) is 0 Å². The fourth-order valence-corrected chi connectivity index (χ4v) is 0.693. The van der Waals surface area contributed by atoms with Gasteiger partial charge in [-0.2, -0.15) is 0 Å². The highest BCUT2D eigenvalue weighted by atomic mass is 16.5. The maximum absolute atomic E-state index is 10.3. The predicted octanol–water partition coefficient (Wildman–Crippen LogP) is 0.608. The van der Waals surface area contributed by atoms with E-state index in [1.807, 2.05) is 0 Å². The average molecular weight is 153 g/mol. The van der Waals surface area contributed by atoms with Crippen molar-refractivity contribution in [2.75, 3.05) is 7.11 Å². The molecular formula is C7H7NO3. The lowest BCUT2D eigenvalue weighted by atomic mass is 10.3. The third-order valence-corrected chi connectivity index (χ3v) is 1.24. The summed E-state index contributed by atoms with van der Waals surface area (Å²) in [6.45, 7) is 0. The Hall–Kier alpha value is -1.58. The smallest absolute Gasteiger partial charge is 0.257 e. The van der Waals surface area contributed by atoms with Gasteiger partial charge in [0.05, 0.1) is 12.7 Å². The molecule has 0 fully saturated rings. The fourth-order valence-electron chi connectivity index (χ4n) is 0.693. The molecule has 1 rings (SSSR count). The third-order valence-electron chi connectivity index (χ3n) is 1.24. The van der Waals surface area contributed by atoms with E-state index < -0.39 is 0 Å². The number of aromatic nitrogens is 1. The van der Waals surface area contributed by atoms with Crippen LogP contribution in [0.4, 0.5) is 0 Å². The normalized spacial score (nSPS) is 9.18. The second kappa shape index (κ2) is 3.01. The molecule has 0 spiro atoms. The average Bonchev–Trinajstić information content (AvgIpc) is 2.05. The van der Waals surface area contributed by atoms with Crippen molar-refractivity contribution in [3.8, 4) is 11.6 Å². The van der Waals surface area contributed by atoms with Gasteiger partial charge in [0.15, 0.2) is 12.0 Å². The molecule has 0 amide bonds. The molecule has 0 bridgehead atoms. The lowest BCUT2D eigenvalue weighted by molar-refractivity contribution is 0.112. The fraction of sp³-hybridized carbons (Fsp3) is 0.143. The van der Waals surface area contributed by atoms with Crippen LogP contribution in [0.1, 0.15) is 10.4 Å². The largest absolute Gasteiger partial charge is 0.503 e. The number of nitrogens with zero attached hydrogens (tertiary/aromatic N) is 1. The van der Waals surface area contributed by atoms with Crippen molar-refractivity contribution in [1.82, 2.24) is 4.98 Å². The molecule has 0 saturated carbocycles. The van der Waals surface area contributed by atoms with Gasteiger partial charge in [0, 0.05) is 6.20 Å². The first kappa shape index (κ1) is 7.53. The van der Waals surface area contributed by atoms with Crippen LogP contribution in [0.25, 0.3) is 0 Å². The summed E-state index contributed by atoms with van der Waals surface area (Å²) in [7, 11) is 1.37. The molecule has 0 unspecified atom stereocenters. The summed E-state index contributed by atoms with van der Waals surface area (Å²) in [5.74, 6) is -0.153. The second-order valence-electron chi connectivity index (χ2n) is 1.88. The number of aromatic hydroxyl groups is 1. The van der Waals surface area contributed by atoms with Crippen molar-refractivity contribution in [3.05, 3.63) is 17.8 Å². The molecule has 11 heavy (non-hydrogen) atoms. The van der Waals surface area contributed by atoms with E-state index in [0.29, 0.717) is 6.29 Å². The molecule has 0 aliphatic rings. The third kappa shape index (κ3) is 1.29. The summed E-state index contributed by atoms with van der Waals surface area (Å²) in [5, 5.41) is 9.17. The van der Waals surface area contributed by atoms with Crippen molar-refractivity contribution in [1.29, 1.82) is 0 Å². The van der Waals surface area contributed by atoms with Crippen LogP contribution in [-0.4, -0.2) is 23.5 Å². The number of hydrogen-bond donors (Lipinski definition) is 1. The van der Waals surface area contributed by atoms with Crippen LogP contribution >= 0.6 is 0 Å². The van der Waals surface area contributed by atoms with Gasteiger partial charge < -0.3 is 9.84 Å². The Labute approximate surface area is 63.5 Å². The van der Waals surface area contributed by atoms with Gasteiger partial charge >= 0.3 is 0 Å². The molecule has 0 atom stereocenters. The van der Waals surface area contributed by atoms with Crippen LogP contribution in [0.15, 0.2) is 12.3 Å². The summed E-state index contributed by atoms with van der Waals surface area (Å²) in [4.78, 5) is 13.9. The van der Waals surface area contributed by atoms with Crippen molar-refractivity contribution in [3.63, 3.8) is 0 Å². The zero-order valence-corrected chi connectivity index (χ0v) is 5.94. The van der Waals surface area contributed by atoms with E-state index in [9.17, 15) is 9.90 Å². The van der Waals surface area contributed by atoms with Gasteiger partial charge in [-0.3, -0.25) is 4.79 Å². The lowest BCUT2D eigenvalue weighted by Gasteiger charge is -2.01. The summed E-state index contributed by atoms with van der Waals surface area (Å²) in [6.07, 6.45) is 1.93. The number of carbonyl (C=O) groups is 1. The molecular weight excluding hydrogens is 146 g/mol. The van der Waals surface area contributed by atoms with Crippen LogP contribution in [-0.2, 0) is 0 Å². The monoisotopic (exact) mass is 153 g/mol. The van der Waals surface area contributed by atoms with E-state index in [0.717, 1.165) is 0 Å². The van der Waals surface area contributed by atoms with Gasteiger partial charge in [0.1, 0.15) is 0 Å². The van der Waals surface area contributed by atoms with Crippen molar-refractivity contribution in [2.24, 2.45) is 0 Å². The molecule has 1 aromatic heterocycles. The SMILES string of the molecule is COc1nccc(C=O)c1O. The number of hydrogen-bond acceptors (Lipinski definition) is 4. The highest BCUT2D eigenvalue weighted by Gasteiger charge is 2.06. The van der Waals surface area contributed by atoms with Crippen LogP contribution in [0.3, 0.4) is 0 Å². The number of rotatable bonds is 2. The summed E-state index contributed by atoms with van der Waals surface area (Å²) in [6, 6.07) is 1.41. The Morgan fingerprint density at radius 1 is 1.73 bits per heavy atom. The molecule has 1 heterocycles. The number of methoxy groups -OCH3 is 1. The van der Waals surface area contributed by atoms with E-state index >= 15 is 0 Å². The van der Waals surface area contributed by atoms with Gasteiger partial charge in [0.25, 0.3) is 5.88 Å². The number of aldehydes is 1. The first-order valence-electron chi connectivity index (χ1n) is 2.96.